The molecule has 0 fully saturated rings. The summed E-state index contributed by atoms with van der Waals surface area (Å²) in [5.41, 5.74) is 1.34. The summed E-state index contributed by atoms with van der Waals surface area (Å²) in [4.78, 5) is 25.3. The number of carbonyl (C=O) groups is 2. The number of carbonyl (C=O) groups excluding carboxylic acids is 2. The van der Waals surface area contributed by atoms with E-state index in [0.29, 0.717) is 5.69 Å². The summed E-state index contributed by atoms with van der Waals surface area (Å²) in [6, 6.07) is 11.3. The van der Waals surface area contributed by atoms with E-state index < -0.39 is 5.82 Å². The SMILES string of the molecule is COc1ccc(CC(=O)NCCN(C(C)=O)c2ccc(F)c(Cl)c2)cc1. The lowest BCUT2D eigenvalue weighted by molar-refractivity contribution is -0.121. The molecule has 2 aromatic carbocycles. The summed E-state index contributed by atoms with van der Waals surface area (Å²) in [5, 5.41) is 2.71. The van der Waals surface area contributed by atoms with E-state index >= 15 is 0 Å². The molecular formula is C19H20ClFN2O3. The van der Waals surface area contributed by atoms with E-state index in [2.05, 4.69) is 5.32 Å². The molecule has 0 saturated carbocycles. The topological polar surface area (TPSA) is 58.6 Å². The number of hydrogen-bond donors (Lipinski definition) is 1. The third-order valence-corrected chi connectivity index (χ3v) is 4.07. The Labute approximate surface area is 156 Å². The maximum absolute atomic E-state index is 13.3. The number of amides is 2. The van der Waals surface area contributed by atoms with Gasteiger partial charge in [-0.15, -0.1) is 0 Å². The van der Waals surface area contributed by atoms with Crippen LogP contribution >= 0.6 is 11.6 Å². The van der Waals surface area contributed by atoms with Crippen LogP contribution in [0.25, 0.3) is 0 Å². The number of rotatable bonds is 7. The highest BCUT2D eigenvalue weighted by atomic mass is 35.5. The molecule has 0 spiro atoms. The molecular weight excluding hydrogens is 359 g/mol. The van der Waals surface area contributed by atoms with Crippen LogP contribution in [0.1, 0.15) is 12.5 Å². The predicted molar refractivity (Wildman–Crippen MR) is 99.1 cm³/mol. The number of hydrogen-bond acceptors (Lipinski definition) is 3. The third kappa shape index (κ3) is 5.46. The van der Waals surface area contributed by atoms with Gasteiger partial charge in [0.1, 0.15) is 11.6 Å². The average molecular weight is 379 g/mol. The summed E-state index contributed by atoms with van der Waals surface area (Å²) < 4.78 is 18.4. The van der Waals surface area contributed by atoms with Crippen molar-refractivity contribution in [2.75, 3.05) is 25.1 Å². The smallest absolute Gasteiger partial charge is 0.224 e. The van der Waals surface area contributed by atoms with Gasteiger partial charge in [-0.1, -0.05) is 23.7 Å². The summed E-state index contributed by atoms with van der Waals surface area (Å²) in [6.07, 6.45) is 0.229. The van der Waals surface area contributed by atoms with Crippen LogP contribution < -0.4 is 15.0 Å². The van der Waals surface area contributed by atoms with Gasteiger partial charge < -0.3 is 15.0 Å². The van der Waals surface area contributed by atoms with Gasteiger partial charge in [0.15, 0.2) is 0 Å². The Morgan fingerprint density at radius 3 is 2.46 bits per heavy atom. The molecule has 0 aliphatic heterocycles. The predicted octanol–water partition coefficient (Wildman–Crippen LogP) is 3.20. The highest BCUT2D eigenvalue weighted by Crippen LogP contribution is 2.22. The van der Waals surface area contributed by atoms with Gasteiger partial charge in [-0.05, 0) is 35.9 Å². The summed E-state index contributed by atoms with van der Waals surface area (Å²) in [7, 11) is 1.58. The molecule has 2 rings (SSSR count). The fourth-order valence-corrected chi connectivity index (χ4v) is 2.59. The van der Waals surface area contributed by atoms with E-state index in [9.17, 15) is 14.0 Å². The summed E-state index contributed by atoms with van der Waals surface area (Å²) in [6.45, 7) is 1.92. The molecule has 0 aromatic heterocycles. The average Bonchev–Trinajstić information content (AvgIpc) is 2.61. The first-order valence-electron chi connectivity index (χ1n) is 8.03. The quantitative estimate of drug-likeness (QED) is 0.805. The molecule has 1 N–H and O–H groups in total. The molecule has 138 valence electrons. The van der Waals surface area contributed by atoms with Gasteiger partial charge >= 0.3 is 0 Å². The van der Waals surface area contributed by atoms with Crippen molar-refractivity contribution in [3.8, 4) is 5.75 Å². The van der Waals surface area contributed by atoms with E-state index in [-0.39, 0.29) is 36.3 Å². The van der Waals surface area contributed by atoms with E-state index in [4.69, 9.17) is 16.3 Å². The molecule has 0 bridgehead atoms. The van der Waals surface area contributed by atoms with Gasteiger partial charge in [0.25, 0.3) is 0 Å². The lowest BCUT2D eigenvalue weighted by Crippen LogP contribution is -2.38. The number of nitrogens with zero attached hydrogens (tertiary/aromatic N) is 1. The molecule has 0 unspecified atom stereocenters. The lowest BCUT2D eigenvalue weighted by atomic mass is 10.1. The van der Waals surface area contributed by atoms with Crippen molar-refractivity contribution >= 4 is 29.1 Å². The fourth-order valence-electron chi connectivity index (χ4n) is 2.42. The van der Waals surface area contributed by atoms with Gasteiger partial charge in [-0.2, -0.15) is 0 Å². The van der Waals surface area contributed by atoms with Gasteiger partial charge in [0.2, 0.25) is 11.8 Å². The normalized spacial score (nSPS) is 10.3. The monoisotopic (exact) mass is 378 g/mol. The zero-order valence-electron chi connectivity index (χ0n) is 14.6. The van der Waals surface area contributed by atoms with Crippen molar-refractivity contribution in [2.24, 2.45) is 0 Å². The Bertz CT molecular complexity index is 781. The molecule has 0 aliphatic rings. The molecule has 0 atom stereocenters. The van der Waals surface area contributed by atoms with Crippen molar-refractivity contribution in [3.63, 3.8) is 0 Å². The highest BCUT2D eigenvalue weighted by molar-refractivity contribution is 6.31. The van der Waals surface area contributed by atoms with Crippen LogP contribution in [0.3, 0.4) is 0 Å². The Morgan fingerprint density at radius 1 is 1.19 bits per heavy atom. The zero-order valence-corrected chi connectivity index (χ0v) is 15.3. The molecule has 0 heterocycles. The minimum atomic E-state index is -0.549. The van der Waals surface area contributed by atoms with Crippen LogP contribution in [0.5, 0.6) is 5.75 Å². The van der Waals surface area contributed by atoms with E-state index in [1.165, 1.54) is 30.0 Å². The number of benzene rings is 2. The first-order valence-corrected chi connectivity index (χ1v) is 8.41. The Kier molecular flexibility index (Phi) is 6.97. The zero-order chi connectivity index (χ0) is 19.1. The standard InChI is InChI=1S/C19H20ClFN2O3/c1-13(24)23(15-5-8-18(21)17(20)12-15)10-9-22-19(25)11-14-3-6-16(26-2)7-4-14/h3-8,12H,9-11H2,1-2H3,(H,22,25). The van der Waals surface area contributed by atoms with E-state index in [0.717, 1.165) is 11.3 Å². The first-order chi connectivity index (χ1) is 12.4. The van der Waals surface area contributed by atoms with Crippen LogP contribution in [0.4, 0.5) is 10.1 Å². The fraction of sp³-hybridized carbons (Fsp3) is 0.263. The van der Waals surface area contributed by atoms with E-state index in [1.54, 1.807) is 19.2 Å². The van der Waals surface area contributed by atoms with Crippen molar-refractivity contribution < 1.29 is 18.7 Å². The Balaban J connectivity index is 1.89. The molecule has 2 aromatic rings. The Morgan fingerprint density at radius 2 is 1.88 bits per heavy atom. The minimum absolute atomic E-state index is 0.0581. The maximum Gasteiger partial charge on any atom is 0.224 e. The molecule has 2 amide bonds. The highest BCUT2D eigenvalue weighted by Gasteiger charge is 2.13. The van der Waals surface area contributed by atoms with Crippen molar-refractivity contribution in [2.45, 2.75) is 13.3 Å². The number of methoxy groups -OCH3 is 1. The van der Waals surface area contributed by atoms with Gasteiger partial charge in [0.05, 0.1) is 18.6 Å². The number of nitrogens with one attached hydrogen (secondary N) is 1. The second-order valence-electron chi connectivity index (χ2n) is 5.64. The van der Waals surface area contributed by atoms with Crippen LogP contribution in [0.15, 0.2) is 42.5 Å². The minimum Gasteiger partial charge on any atom is -0.497 e. The molecule has 0 aliphatic carbocycles. The van der Waals surface area contributed by atoms with Crippen LogP contribution in [0.2, 0.25) is 5.02 Å². The van der Waals surface area contributed by atoms with Crippen LogP contribution in [-0.4, -0.2) is 32.0 Å². The van der Waals surface area contributed by atoms with Crippen LogP contribution in [0, 0.1) is 5.82 Å². The first kappa shape index (κ1) is 19.7. The second kappa shape index (κ2) is 9.20. The maximum atomic E-state index is 13.3. The largest absolute Gasteiger partial charge is 0.497 e. The lowest BCUT2D eigenvalue weighted by Gasteiger charge is -2.21. The molecule has 0 saturated heterocycles. The van der Waals surface area contributed by atoms with Crippen molar-refractivity contribution in [1.82, 2.24) is 5.32 Å². The molecule has 5 nitrogen and oxygen atoms in total. The van der Waals surface area contributed by atoms with Crippen molar-refractivity contribution in [1.29, 1.82) is 0 Å². The van der Waals surface area contributed by atoms with Gasteiger partial charge in [0, 0.05) is 25.7 Å². The number of ether oxygens (including phenoxy) is 1. The second-order valence-corrected chi connectivity index (χ2v) is 6.05. The number of anilines is 1. The molecule has 0 radical (unpaired) electrons. The van der Waals surface area contributed by atoms with Crippen LogP contribution in [-0.2, 0) is 16.0 Å². The van der Waals surface area contributed by atoms with E-state index in [1.807, 2.05) is 12.1 Å². The van der Waals surface area contributed by atoms with Crippen molar-refractivity contribution in [3.05, 3.63) is 58.9 Å². The molecule has 7 heteroatoms. The summed E-state index contributed by atoms with van der Waals surface area (Å²) in [5.74, 6) is -0.205. The third-order valence-electron chi connectivity index (χ3n) is 3.78. The molecule has 26 heavy (non-hydrogen) atoms. The van der Waals surface area contributed by atoms with Gasteiger partial charge in [-0.25, -0.2) is 4.39 Å². The Hall–Kier alpha value is -2.60. The summed E-state index contributed by atoms with van der Waals surface area (Å²) >= 11 is 5.77. The number of halogens is 2. The van der Waals surface area contributed by atoms with Gasteiger partial charge in [-0.3, -0.25) is 9.59 Å².